The maximum Gasteiger partial charge on any atom is 0.0814 e. The molecule has 0 bridgehead atoms. The summed E-state index contributed by atoms with van der Waals surface area (Å²) in [6.45, 7) is 3.98. The number of nitrogens with zero attached hydrogens (tertiary/aromatic N) is 1. The highest BCUT2D eigenvalue weighted by Crippen LogP contribution is 2.25. The van der Waals surface area contributed by atoms with Crippen LogP contribution in [0.25, 0.3) is 0 Å². The number of hydrogen-bond donors (Lipinski definition) is 1. The SMILES string of the molecule is CC(C)C(O)c1ccnc(Cc2ccc(Cl)c(Cl)c2)c1. The predicted molar refractivity (Wildman–Crippen MR) is 83.3 cm³/mol. The van der Waals surface area contributed by atoms with Crippen molar-refractivity contribution < 1.29 is 5.11 Å². The quantitative estimate of drug-likeness (QED) is 0.890. The van der Waals surface area contributed by atoms with Gasteiger partial charge >= 0.3 is 0 Å². The van der Waals surface area contributed by atoms with Gasteiger partial charge in [-0.25, -0.2) is 0 Å². The molecule has 0 radical (unpaired) electrons. The van der Waals surface area contributed by atoms with E-state index in [1.807, 2.05) is 38.1 Å². The first-order chi connectivity index (χ1) is 9.47. The molecule has 1 aromatic carbocycles. The van der Waals surface area contributed by atoms with Crippen LogP contribution >= 0.6 is 23.2 Å². The number of pyridine rings is 1. The molecule has 0 saturated heterocycles. The smallest absolute Gasteiger partial charge is 0.0814 e. The van der Waals surface area contributed by atoms with Gasteiger partial charge in [0.05, 0.1) is 16.1 Å². The van der Waals surface area contributed by atoms with Crippen LogP contribution in [-0.2, 0) is 6.42 Å². The molecule has 0 aliphatic heterocycles. The van der Waals surface area contributed by atoms with Crippen molar-refractivity contribution in [3.8, 4) is 0 Å². The summed E-state index contributed by atoms with van der Waals surface area (Å²) in [6.07, 6.45) is 1.93. The zero-order valence-electron chi connectivity index (χ0n) is 11.5. The summed E-state index contributed by atoms with van der Waals surface area (Å²) in [5.41, 5.74) is 2.84. The van der Waals surface area contributed by atoms with E-state index in [1.165, 1.54) is 0 Å². The highest BCUT2D eigenvalue weighted by molar-refractivity contribution is 6.42. The van der Waals surface area contributed by atoms with Crippen LogP contribution in [0.15, 0.2) is 36.5 Å². The molecule has 0 aliphatic rings. The lowest BCUT2D eigenvalue weighted by atomic mass is 9.98. The van der Waals surface area contributed by atoms with Crippen molar-refractivity contribution in [3.63, 3.8) is 0 Å². The zero-order valence-corrected chi connectivity index (χ0v) is 13.0. The molecule has 1 unspecified atom stereocenters. The Bertz CT molecular complexity index is 599. The molecule has 0 amide bonds. The first-order valence-electron chi connectivity index (χ1n) is 6.54. The predicted octanol–water partition coefficient (Wildman–Crippen LogP) is 4.67. The second-order valence-electron chi connectivity index (χ2n) is 5.19. The molecule has 20 heavy (non-hydrogen) atoms. The average molecular weight is 310 g/mol. The van der Waals surface area contributed by atoms with Crippen LogP contribution in [0.4, 0.5) is 0 Å². The lowest BCUT2D eigenvalue weighted by Crippen LogP contribution is -2.06. The van der Waals surface area contributed by atoms with Crippen LogP contribution in [0.1, 0.15) is 36.8 Å². The minimum atomic E-state index is -0.467. The monoisotopic (exact) mass is 309 g/mol. The van der Waals surface area contributed by atoms with Crippen molar-refractivity contribution in [2.75, 3.05) is 0 Å². The highest BCUT2D eigenvalue weighted by atomic mass is 35.5. The second-order valence-corrected chi connectivity index (χ2v) is 6.01. The molecule has 1 N–H and O–H groups in total. The van der Waals surface area contributed by atoms with E-state index < -0.39 is 6.10 Å². The zero-order chi connectivity index (χ0) is 14.7. The van der Waals surface area contributed by atoms with E-state index in [4.69, 9.17) is 23.2 Å². The molecule has 2 aromatic rings. The van der Waals surface area contributed by atoms with Crippen molar-refractivity contribution in [3.05, 3.63) is 63.4 Å². The van der Waals surface area contributed by atoms with Crippen molar-refractivity contribution in [1.29, 1.82) is 0 Å². The molecule has 1 atom stereocenters. The van der Waals surface area contributed by atoms with Gasteiger partial charge in [-0.2, -0.15) is 0 Å². The maximum absolute atomic E-state index is 10.1. The van der Waals surface area contributed by atoms with Crippen LogP contribution in [0, 0.1) is 5.92 Å². The fraction of sp³-hybridized carbons (Fsp3) is 0.312. The Morgan fingerprint density at radius 3 is 2.50 bits per heavy atom. The number of aliphatic hydroxyl groups excluding tert-OH is 1. The topological polar surface area (TPSA) is 33.1 Å². The van der Waals surface area contributed by atoms with E-state index in [0.717, 1.165) is 16.8 Å². The summed E-state index contributed by atoms with van der Waals surface area (Å²) >= 11 is 11.9. The number of aromatic nitrogens is 1. The lowest BCUT2D eigenvalue weighted by molar-refractivity contribution is 0.126. The highest BCUT2D eigenvalue weighted by Gasteiger charge is 2.12. The Kier molecular flexibility index (Phi) is 5.03. The van der Waals surface area contributed by atoms with Crippen molar-refractivity contribution in [1.82, 2.24) is 4.98 Å². The third-order valence-electron chi connectivity index (χ3n) is 3.18. The largest absolute Gasteiger partial charge is 0.388 e. The number of benzene rings is 1. The van der Waals surface area contributed by atoms with E-state index in [0.29, 0.717) is 16.5 Å². The average Bonchev–Trinajstić information content (AvgIpc) is 2.42. The molecule has 0 saturated carbocycles. The van der Waals surface area contributed by atoms with Crippen LogP contribution in [-0.4, -0.2) is 10.1 Å². The van der Waals surface area contributed by atoms with Crippen LogP contribution in [0.3, 0.4) is 0 Å². The summed E-state index contributed by atoms with van der Waals surface area (Å²) in [7, 11) is 0. The number of hydrogen-bond acceptors (Lipinski definition) is 2. The van der Waals surface area contributed by atoms with E-state index >= 15 is 0 Å². The molecular weight excluding hydrogens is 293 g/mol. The minimum Gasteiger partial charge on any atom is -0.388 e. The Balaban J connectivity index is 2.21. The van der Waals surface area contributed by atoms with Gasteiger partial charge < -0.3 is 5.11 Å². The van der Waals surface area contributed by atoms with E-state index in [9.17, 15) is 5.11 Å². The Morgan fingerprint density at radius 1 is 1.10 bits per heavy atom. The molecule has 1 aromatic heterocycles. The first-order valence-corrected chi connectivity index (χ1v) is 7.30. The van der Waals surface area contributed by atoms with Gasteiger partial charge in [-0.3, -0.25) is 4.98 Å². The van der Waals surface area contributed by atoms with E-state index in [1.54, 1.807) is 12.3 Å². The number of aliphatic hydroxyl groups is 1. The van der Waals surface area contributed by atoms with Gasteiger partial charge in [0.1, 0.15) is 0 Å². The molecule has 0 aliphatic carbocycles. The first kappa shape index (κ1) is 15.3. The second kappa shape index (κ2) is 6.57. The third kappa shape index (κ3) is 3.72. The molecule has 106 valence electrons. The van der Waals surface area contributed by atoms with Crippen LogP contribution < -0.4 is 0 Å². The summed E-state index contributed by atoms with van der Waals surface area (Å²) in [6, 6.07) is 9.35. The van der Waals surface area contributed by atoms with Gasteiger partial charge in [0.15, 0.2) is 0 Å². The van der Waals surface area contributed by atoms with E-state index in [2.05, 4.69) is 4.98 Å². The Morgan fingerprint density at radius 2 is 1.85 bits per heavy atom. The van der Waals surface area contributed by atoms with Crippen molar-refractivity contribution in [2.24, 2.45) is 5.92 Å². The molecule has 2 nitrogen and oxygen atoms in total. The van der Waals surface area contributed by atoms with E-state index in [-0.39, 0.29) is 5.92 Å². The van der Waals surface area contributed by atoms with Gasteiger partial charge in [0, 0.05) is 18.3 Å². The summed E-state index contributed by atoms with van der Waals surface area (Å²) in [5, 5.41) is 11.2. The molecular formula is C16H17Cl2NO. The Hall–Kier alpha value is -1.09. The summed E-state index contributed by atoms with van der Waals surface area (Å²) in [4.78, 5) is 4.34. The Labute approximate surface area is 129 Å². The normalized spacial score (nSPS) is 12.7. The molecule has 0 spiro atoms. The van der Waals surface area contributed by atoms with Gasteiger partial charge in [0.25, 0.3) is 0 Å². The molecule has 4 heteroatoms. The third-order valence-corrected chi connectivity index (χ3v) is 3.92. The maximum atomic E-state index is 10.1. The fourth-order valence-corrected chi connectivity index (χ4v) is 2.34. The summed E-state index contributed by atoms with van der Waals surface area (Å²) in [5.74, 6) is 0.176. The standard InChI is InChI=1S/C16H17Cl2NO/c1-10(2)16(20)12-5-6-19-13(9-12)7-11-3-4-14(17)15(18)8-11/h3-6,8-10,16,20H,7H2,1-2H3. The lowest BCUT2D eigenvalue weighted by Gasteiger charge is -2.15. The van der Waals surface area contributed by atoms with Crippen LogP contribution in [0.5, 0.6) is 0 Å². The molecule has 1 heterocycles. The van der Waals surface area contributed by atoms with Gasteiger partial charge in [-0.15, -0.1) is 0 Å². The fourth-order valence-electron chi connectivity index (χ4n) is 2.02. The molecule has 0 fully saturated rings. The van der Waals surface area contributed by atoms with Gasteiger partial charge in [-0.05, 0) is 41.3 Å². The van der Waals surface area contributed by atoms with Crippen LogP contribution in [0.2, 0.25) is 10.0 Å². The number of rotatable bonds is 4. The number of halogens is 2. The van der Waals surface area contributed by atoms with Crippen molar-refractivity contribution >= 4 is 23.2 Å². The van der Waals surface area contributed by atoms with Crippen molar-refractivity contribution in [2.45, 2.75) is 26.4 Å². The van der Waals surface area contributed by atoms with Gasteiger partial charge in [-0.1, -0.05) is 43.1 Å². The summed E-state index contributed by atoms with van der Waals surface area (Å²) < 4.78 is 0. The minimum absolute atomic E-state index is 0.176. The molecule has 2 rings (SSSR count). The van der Waals surface area contributed by atoms with Gasteiger partial charge in [0.2, 0.25) is 0 Å².